The van der Waals surface area contributed by atoms with E-state index in [0.29, 0.717) is 0 Å². The summed E-state index contributed by atoms with van der Waals surface area (Å²) in [6, 6.07) is 3.94. The van der Waals surface area contributed by atoms with Crippen LogP contribution in [0.4, 0.5) is 11.5 Å². The van der Waals surface area contributed by atoms with Crippen molar-refractivity contribution in [1.82, 2.24) is 9.88 Å². The van der Waals surface area contributed by atoms with Crippen molar-refractivity contribution in [2.75, 3.05) is 54.9 Å². The lowest BCUT2D eigenvalue weighted by molar-refractivity contribution is 0.272. The van der Waals surface area contributed by atoms with Crippen LogP contribution in [0.2, 0.25) is 0 Å². The Morgan fingerprint density at radius 3 is 2.67 bits per heavy atom. The third kappa shape index (κ3) is 3.78. The summed E-state index contributed by atoms with van der Waals surface area (Å²) in [7, 11) is 0. The van der Waals surface area contributed by atoms with Crippen LogP contribution in [0.25, 0.3) is 0 Å². The molecule has 1 saturated heterocycles. The SMILES string of the molecule is CCSCCN1CCN(c2ccc(N)cn2)CC1. The lowest BCUT2D eigenvalue weighted by atomic mass is 10.3. The quantitative estimate of drug-likeness (QED) is 0.819. The molecule has 0 aromatic carbocycles. The first kappa shape index (κ1) is 13.5. The molecule has 1 aromatic heterocycles. The van der Waals surface area contributed by atoms with Crippen LogP contribution in [0, 0.1) is 0 Å². The molecular weight excluding hydrogens is 244 g/mol. The lowest BCUT2D eigenvalue weighted by Crippen LogP contribution is -2.47. The molecule has 18 heavy (non-hydrogen) atoms. The van der Waals surface area contributed by atoms with Crippen molar-refractivity contribution < 1.29 is 0 Å². The Bertz CT molecular complexity index is 347. The summed E-state index contributed by atoms with van der Waals surface area (Å²) in [5.41, 5.74) is 6.39. The van der Waals surface area contributed by atoms with Gasteiger partial charge >= 0.3 is 0 Å². The molecule has 2 N–H and O–H groups in total. The number of aromatic nitrogens is 1. The van der Waals surface area contributed by atoms with E-state index < -0.39 is 0 Å². The summed E-state index contributed by atoms with van der Waals surface area (Å²) in [5.74, 6) is 3.51. The number of piperazine rings is 1. The Morgan fingerprint density at radius 1 is 1.28 bits per heavy atom. The summed E-state index contributed by atoms with van der Waals surface area (Å²) in [6.07, 6.45) is 1.74. The first-order valence-corrected chi connectivity index (χ1v) is 7.71. The highest BCUT2D eigenvalue weighted by atomic mass is 32.2. The number of thioether (sulfide) groups is 1. The van der Waals surface area contributed by atoms with Gasteiger partial charge in [-0.1, -0.05) is 6.92 Å². The van der Waals surface area contributed by atoms with E-state index in [4.69, 9.17) is 5.73 Å². The number of nitrogens with zero attached hydrogens (tertiary/aromatic N) is 3. The Balaban J connectivity index is 1.77. The minimum Gasteiger partial charge on any atom is -0.397 e. The molecule has 5 heteroatoms. The average Bonchev–Trinajstić information content (AvgIpc) is 2.41. The summed E-state index contributed by atoms with van der Waals surface area (Å²) in [6.45, 7) is 7.82. The molecule has 1 aromatic rings. The van der Waals surface area contributed by atoms with Gasteiger partial charge in [0.15, 0.2) is 0 Å². The van der Waals surface area contributed by atoms with Crippen molar-refractivity contribution in [2.24, 2.45) is 0 Å². The Kier molecular flexibility index (Phi) is 5.13. The second-order valence-electron chi connectivity index (χ2n) is 4.48. The second-order valence-corrected chi connectivity index (χ2v) is 5.87. The van der Waals surface area contributed by atoms with Crippen LogP contribution in [0.3, 0.4) is 0 Å². The fourth-order valence-electron chi connectivity index (χ4n) is 2.12. The van der Waals surface area contributed by atoms with Gasteiger partial charge < -0.3 is 10.6 Å². The molecule has 0 spiro atoms. The van der Waals surface area contributed by atoms with Gasteiger partial charge in [-0.15, -0.1) is 0 Å². The van der Waals surface area contributed by atoms with Crippen molar-refractivity contribution in [2.45, 2.75) is 6.92 Å². The maximum atomic E-state index is 5.65. The van der Waals surface area contributed by atoms with Crippen LogP contribution in [0.5, 0.6) is 0 Å². The van der Waals surface area contributed by atoms with Crippen LogP contribution in [0.15, 0.2) is 18.3 Å². The maximum absolute atomic E-state index is 5.65. The van der Waals surface area contributed by atoms with Gasteiger partial charge in [0, 0.05) is 38.5 Å². The molecule has 0 bridgehead atoms. The predicted molar refractivity (Wildman–Crippen MR) is 80.3 cm³/mol. The van der Waals surface area contributed by atoms with Gasteiger partial charge in [0.2, 0.25) is 0 Å². The molecule has 1 fully saturated rings. The van der Waals surface area contributed by atoms with E-state index in [9.17, 15) is 0 Å². The average molecular weight is 266 g/mol. The predicted octanol–water partition coefficient (Wildman–Crippen LogP) is 1.54. The zero-order chi connectivity index (χ0) is 12.8. The second kappa shape index (κ2) is 6.85. The smallest absolute Gasteiger partial charge is 0.128 e. The van der Waals surface area contributed by atoms with Gasteiger partial charge in [0.05, 0.1) is 11.9 Å². The molecule has 0 unspecified atom stereocenters. The number of hydrogen-bond acceptors (Lipinski definition) is 5. The molecule has 0 aliphatic carbocycles. The van der Waals surface area contributed by atoms with E-state index in [2.05, 4.69) is 21.7 Å². The van der Waals surface area contributed by atoms with E-state index >= 15 is 0 Å². The van der Waals surface area contributed by atoms with Crippen molar-refractivity contribution in [3.8, 4) is 0 Å². The van der Waals surface area contributed by atoms with E-state index in [1.165, 1.54) is 18.1 Å². The van der Waals surface area contributed by atoms with Gasteiger partial charge in [-0.2, -0.15) is 11.8 Å². The van der Waals surface area contributed by atoms with Crippen molar-refractivity contribution in [3.63, 3.8) is 0 Å². The number of hydrogen-bond donors (Lipinski definition) is 1. The molecule has 0 amide bonds. The normalized spacial score (nSPS) is 17.1. The van der Waals surface area contributed by atoms with Crippen LogP contribution in [-0.2, 0) is 0 Å². The third-order valence-electron chi connectivity index (χ3n) is 3.22. The fourth-order valence-corrected chi connectivity index (χ4v) is 2.80. The van der Waals surface area contributed by atoms with Crippen LogP contribution in [-0.4, -0.2) is 54.1 Å². The monoisotopic (exact) mass is 266 g/mol. The maximum Gasteiger partial charge on any atom is 0.128 e. The summed E-state index contributed by atoms with van der Waals surface area (Å²) < 4.78 is 0. The Morgan fingerprint density at radius 2 is 2.06 bits per heavy atom. The van der Waals surface area contributed by atoms with Crippen molar-refractivity contribution >= 4 is 23.3 Å². The minimum absolute atomic E-state index is 0.731. The molecule has 1 aliphatic rings. The standard InChI is InChI=1S/C13H22N4S/c1-2-18-10-9-16-5-7-17(8-6-16)13-4-3-12(14)11-15-13/h3-4,11H,2,5-10,14H2,1H3. The molecule has 0 radical (unpaired) electrons. The highest BCUT2D eigenvalue weighted by Gasteiger charge is 2.17. The summed E-state index contributed by atoms with van der Waals surface area (Å²) in [4.78, 5) is 9.26. The molecule has 100 valence electrons. The van der Waals surface area contributed by atoms with E-state index in [1.54, 1.807) is 6.20 Å². The molecular formula is C13H22N4S. The van der Waals surface area contributed by atoms with Gasteiger partial charge in [-0.3, -0.25) is 4.90 Å². The molecule has 1 aliphatic heterocycles. The van der Waals surface area contributed by atoms with Crippen molar-refractivity contribution in [1.29, 1.82) is 0 Å². The minimum atomic E-state index is 0.731. The molecule has 4 nitrogen and oxygen atoms in total. The number of nitrogen functional groups attached to an aromatic ring is 1. The van der Waals surface area contributed by atoms with Crippen molar-refractivity contribution in [3.05, 3.63) is 18.3 Å². The molecule has 0 atom stereocenters. The fraction of sp³-hybridized carbons (Fsp3) is 0.615. The number of pyridine rings is 1. The lowest BCUT2D eigenvalue weighted by Gasteiger charge is -2.35. The molecule has 0 saturated carbocycles. The van der Waals surface area contributed by atoms with Crippen LogP contribution < -0.4 is 10.6 Å². The largest absolute Gasteiger partial charge is 0.397 e. The van der Waals surface area contributed by atoms with Crippen LogP contribution in [0.1, 0.15) is 6.92 Å². The zero-order valence-electron chi connectivity index (χ0n) is 11.0. The van der Waals surface area contributed by atoms with E-state index in [0.717, 1.165) is 37.7 Å². The Hall–Kier alpha value is -0.940. The highest BCUT2D eigenvalue weighted by Crippen LogP contribution is 2.14. The molecule has 2 rings (SSSR count). The van der Waals surface area contributed by atoms with Crippen LogP contribution >= 0.6 is 11.8 Å². The number of nitrogens with two attached hydrogens (primary N) is 1. The topological polar surface area (TPSA) is 45.4 Å². The summed E-state index contributed by atoms with van der Waals surface area (Å²) in [5, 5.41) is 0. The molecule has 2 heterocycles. The summed E-state index contributed by atoms with van der Waals surface area (Å²) >= 11 is 2.02. The van der Waals surface area contributed by atoms with Gasteiger partial charge in [0.1, 0.15) is 5.82 Å². The third-order valence-corrected chi connectivity index (χ3v) is 4.10. The Labute approximate surface area is 114 Å². The van der Waals surface area contributed by atoms with Gasteiger partial charge in [-0.05, 0) is 17.9 Å². The highest BCUT2D eigenvalue weighted by molar-refractivity contribution is 7.99. The number of rotatable bonds is 5. The van der Waals surface area contributed by atoms with E-state index in [1.807, 2.05) is 23.9 Å². The first-order valence-electron chi connectivity index (χ1n) is 6.56. The van der Waals surface area contributed by atoms with E-state index in [-0.39, 0.29) is 0 Å². The number of anilines is 2. The van der Waals surface area contributed by atoms with Gasteiger partial charge in [0.25, 0.3) is 0 Å². The van der Waals surface area contributed by atoms with Gasteiger partial charge in [-0.25, -0.2) is 4.98 Å². The zero-order valence-corrected chi connectivity index (χ0v) is 11.8. The first-order chi connectivity index (χ1) is 8.79.